The second-order valence-electron chi connectivity index (χ2n) is 4.80. The van der Waals surface area contributed by atoms with Gasteiger partial charge >= 0.3 is 0 Å². The van der Waals surface area contributed by atoms with Crippen molar-refractivity contribution in [3.63, 3.8) is 0 Å². The van der Waals surface area contributed by atoms with E-state index >= 15 is 0 Å². The first-order chi connectivity index (χ1) is 8.36. The first-order valence-electron chi connectivity index (χ1n) is 6.38. The summed E-state index contributed by atoms with van der Waals surface area (Å²) in [6.07, 6.45) is 6.25. The maximum atomic E-state index is 13.7. The van der Waals surface area contributed by atoms with Crippen LogP contribution in [-0.2, 0) is 0 Å². The number of rotatable bonds is 1. The van der Waals surface area contributed by atoms with Crippen molar-refractivity contribution in [2.24, 2.45) is 0 Å². The van der Waals surface area contributed by atoms with Gasteiger partial charge in [-0.25, -0.2) is 4.39 Å². The fourth-order valence-corrected chi connectivity index (χ4v) is 2.82. The van der Waals surface area contributed by atoms with Gasteiger partial charge in [0.1, 0.15) is 5.82 Å². The molecule has 1 heteroatoms. The molecule has 0 atom stereocenters. The molecule has 1 aliphatic carbocycles. The molecule has 0 N–H and O–H groups in total. The topological polar surface area (TPSA) is 0 Å². The predicted molar refractivity (Wildman–Crippen MR) is 69.3 cm³/mol. The Morgan fingerprint density at radius 2 is 1.47 bits per heavy atom. The van der Waals surface area contributed by atoms with Crippen LogP contribution in [0, 0.1) is 11.7 Å². The lowest BCUT2D eigenvalue weighted by atomic mass is 9.82. The van der Waals surface area contributed by atoms with E-state index in [0.29, 0.717) is 0 Å². The molecule has 0 amide bonds. The zero-order valence-corrected chi connectivity index (χ0v) is 9.88. The van der Waals surface area contributed by atoms with Crippen LogP contribution in [0.15, 0.2) is 36.4 Å². The molecule has 3 rings (SSSR count). The summed E-state index contributed by atoms with van der Waals surface area (Å²) in [5.41, 5.74) is 1.27. The van der Waals surface area contributed by atoms with Crippen LogP contribution in [0.3, 0.4) is 0 Å². The highest BCUT2D eigenvalue weighted by Gasteiger charge is 2.18. The Kier molecular flexibility index (Phi) is 2.84. The largest absolute Gasteiger partial charge is 0.206 e. The minimum Gasteiger partial charge on any atom is -0.206 e. The molecule has 2 aromatic rings. The Bertz CT molecular complexity index is 524. The summed E-state index contributed by atoms with van der Waals surface area (Å²) in [6, 6.07) is 11.4. The van der Waals surface area contributed by atoms with E-state index in [1.807, 2.05) is 30.3 Å². The number of benzene rings is 2. The fourth-order valence-electron chi connectivity index (χ4n) is 2.82. The lowest BCUT2D eigenvalue weighted by Gasteiger charge is -2.22. The van der Waals surface area contributed by atoms with Gasteiger partial charge in [0.2, 0.25) is 0 Å². The standard InChI is InChI=1S/C16H16F/c17-16-11-10-13(12-6-2-1-3-7-12)14-8-4-5-9-15(14)16/h4-5,8-11H,1-3,6-7H2. The van der Waals surface area contributed by atoms with Crippen LogP contribution in [0.5, 0.6) is 0 Å². The minimum absolute atomic E-state index is 0.110. The lowest BCUT2D eigenvalue weighted by molar-refractivity contribution is 0.552. The van der Waals surface area contributed by atoms with Crippen LogP contribution >= 0.6 is 0 Å². The molecule has 2 aromatic carbocycles. The van der Waals surface area contributed by atoms with Crippen LogP contribution < -0.4 is 0 Å². The monoisotopic (exact) mass is 227 g/mol. The van der Waals surface area contributed by atoms with Gasteiger partial charge < -0.3 is 0 Å². The molecule has 1 radical (unpaired) electrons. The van der Waals surface area contributed by atoms with Crippen molar-refractivity contribution >= 4 is 10.8 Å². The SMILES string of the molecule is Fc1ccc([C]2CCCCC2)c2ccccc12. The van der Waals surface area contributed by atoms with Gasteiger partial charge in [0.25, 0.3) is 0 Å². The first-order valence-corrected chi connectivity index (χ1v) is 6.38. The number of hydrogen-bond acceptors (Lipinski definition) is 0. The van der Waals surface area contributed by atoms with Crippen molar-refractivity contribution in [1.82, 2.24) is 0 Å². The van der Waals surface area contributed by atoms with Crippen molar-refractivity contribution in [3.8, 4) is 0 Å². The van der Waals surface area contributed by atoms with E-state index in [-0.39, 0.29) is 5.82 Å². The van der Waals surface area contributed by atoms with Gasteiger partial charge in [0, 0.05) is 11.3 Å². The van der Waals surface area contributed by atoms with Crippen molar-refractivity contribution in [2.45, 2.75) is 32.1 Å². The summed E-state index contributed by atoms with van der Waals surface area (Å²) in [4.78, 5) is 0. The van der Waals surface area contributed by atoms with Gasteiger partial charge in [-0.1, -0.05) is 49.6 Å². The molecule has 17 heavy (non-hydrogen) atoms. The van der Waals surface area contributed by atoms with Gasteiger partial charge in [-0.05, 0) is 29.9 Å². The molecule has 1 fully saturated rings. The molecule has 0 nitrogen and oxygen atoms in total. The van der Waals surface area contributed by atoms with Gasteiger partial charge in [0.05, 0.1) is 0 Å². The Labute approximate surface area is 101 Å². The zero-order chi connectivity index (χ0) is 11.7. The summed E-state index contributed by atoms with van der Waals surface area (Å²) >= 11 is 0. The Balaban J connectivity index is 2.12. The summed E-state index contributed by atoms with van der Waals surface area (Å²) in [5, 5.41) is 1.83. The van der Waals surface area contributed by atoms with E-state index in [0.717, 1.165) is 10.8 Å². The van der Waals surface area contributed by atoms with E-state index in [9.17, 15) is 4.39 Å². The molecule has 0 bridgehead atoms. The molecule has 0 aromatic heterocycles. The number of hydrogen-bond donors (Lipinski definition) is 0. The number of fused-ring (bicyclic) bond motifs is 1. The summed E-state index contributed by atoms with van der Waals surface area (Å²) in [7, 11) is 0. The van der Waals surface area contributed by atoms with E-state index in [4.69, 9.17) is 0 Å². The highest BCUT2D eigenvalue weighted by Crippen LogP contribution is 2.36. The van der Waals surface area contributed by atoms with Crippen molar-refractivity contribution < 1.29 is 4.39 Å². The smallest absolute Gasteiger partial charge is 0.131 e. The van der Waals surface area contributed by atoms with E-state index < -0.39 is 0 Å². The molecular formula is C16H16F. The predicted octanol–water partition coefficient (Wildman–Crippen LogP) is 4.87. The lowest BCUT2D eigenvalue weighted by Crippen LogP contribution is -2.06. The molecule has 1 aliphatic rings. The third kappa shape index (κ3) is 1.95. The van der Waals surface area contributed by atoms with Gasteiger partial charge in [-0.2, -0.15) is 0 Å². The van der Waals surface area contributed by atoms with E-state index in [1.165, 1.54) is 43.6 Å². The molecule has 0 spiro atoms. The van der Waals surface area contributed by atoms with E-state index in [2.05, 4.69) is 0 Å². The summed E-state index contributed by atoms with van der Waals surface area (Å²) in [6.45, 7) is 0. The average molecular weight is 227 g/mol. The molecule has 1 saturated carbocycles. The van der Waals surface area contributed by atoms with Crippen molar-refractivity contribution in [3.05, 3.63) is 53.7 Å². The maximum absolute atomic E-state index is 13.7. The molecule has 0 aliphatic heterocycles. The van der Waals surface area contributed by atoms with Crippen molar-refractivity contribution in [2.75, 3.05) is 0 Å². The fraction of sp³-hybridized carbons (Fsp3) is 0.312. The molecule has 0 saturated heterocycles. The molecule has 87 valence electrons. The van der Waals surface area contributed by atoms with Crippen LogP contribution in [0.4, 0.5) is 4.39 Å². The number of halogens is 1. The highest BCUT2D eigenvalue weighted by molar-refractivity contribution is 5.88. The summed E-state index contributed by atoms with van der Waals surface area (Å²) in [5.74, 6) is 1.40. The quantitative estimate of drug-likeness (QED) is 0.652. The van der Waals surface area contributed by atoms with Crippen LogP contribution in [0.1, 0.15) is 37.7 Å². The molecule has 0 unspecified atom stereocenters. The maximum Gasteiger partial charge on any atom is 0.131 e. The first kappa shape index (κ1) is 10.8. The zero-order valence-electron chi connectivity index (χ0n) is 9.88. The molecular weight excluding hydrogens is 211 g/mol. The highest BCUT2D eigenvalue weighted by atomic mass is 19.1. The third-order valence-corrected chi connectivity index (χ3v) is 3.71. The summed E-state index contributed by atoms with van der Waals surface area (Å²) < 4.78 is 13.7. The van der Waals surface area contributed by atoms with E-state index in [1.54, 1.807) is 6.07 Å². The second-order valence-corrected chi connectivity index (χ2v) is 4.80. The minimum atomic E-state index is -0.110. The Morgan fingerprint density at radius 1 is 0.765 bits per heavy atom. The van der Waals surface area contributed by atoms with Crippen molar-refractivity contribution in [1.29, 1.82) is 0 Å². The van der Waals surface area contributed by atoms with Crippen LogP contribution in [0.25, 0.3) is 10.8 Å². The Hall–Kier alpha value is -1.37. The van der Waals surface area contributed by atoms with Crippen LogP contribution in [-0.4, -0.2) is 0 Å². The van der Waals surface area contributed by atoms with Gasteiger partial charge in [0.15, 0.2) is 0 Å². The third-order valence-electron chi connectivity index (χ3n) is 3.71. The van der Waals surface area contributed by atoms with Gasteiger partial charge in [-0.3, -0.25) is 0 Å². The molecule has 0 heterocycles. The average Bonchev–Trinajstić information content (AvgIpc) is 2.41. The van der Waals surface area contributed by atoms with Crippen LogP contribution in [0.2, 0.25) is 0 Å². The second kappa shape index (κ2) is 4.48. The normalized spacial score (nSPS) is 17.5. The van der Waals surface area contributed by atoms with Gasteiger partial charge in [-0.15, -0.1) is 0 Å². The Morgan fingerprint density at radius 3 is 2.24 bits per heavy atom.